The molecule has 2 N–H and O–H groups in total. The molecule has 0 unspecified atom stereocenters. The number of hydrogen-bond donors (Lipinski definition) is 2. The predicted molar refractivity (Wildman–Crippen MR) is 70.1 cm³/mol. The summed E-state index contributed by atoms with van der Waals surface area (Å²) in [6, 6.07) is 0.669. The van der Waals surface area contributed by atoms with Gasteiger partial charge in [-0.25, -0.2) is 0 Å². The standard InChI is InChI=1S/C13H22N4O/c1-3-12-10(9-17(2)16-12)8-15-13(18)6-7-14-11-4-5-11/h9,11,14H,3-8H2,1-2H3,(H,15,18). The van der Waals surface area contributed by atoms with Crippen molar-refractivity contribution in [2.24, 2.45) is 7.05 Å². The Labute approximate surface area is 108 Å². The third kappa shape index (κ3) is 3.84. The molecular formula is C13H22N4O. The molecule has 18 heavy (non-hydrogen) atoms. The van der Waals surface area contributed by atoms with Crippen LogP contribution in [0.25, 0.3) is 0 Å². The Hall–Kier alpha value is -1.36. The molecule has 1 fully saturated rings. The zero-order chi connectivity index (χ0) is 13.0. The lowest BCUT2D eigenvalue weighted by Gasteiger charge is -2.05. The van der Waals surface area contributed by atoms with Gasteiger partial charge in [-0.15, -0.1) is 0 Å². The van der Waals surface area contributed by atoms with Gasteiger partial charge >= 0.3 is 0 Å². The Kier molecular flexibility index (Phi) is 4.36. The second-order valence-corrected chi connectivity index (χ2v) is 4.88. The fourth-order valence-corrected chi connectivity index (χ4v) is 1.99. The molecule has 0 atom stereocenters. The number of aryl methyl sites for hydroxylation is 2. The van der Waals surface area contributed by atoms with Crippen LogP contribution < -0.4 is 10.6 Å². The second-order valence-electron chi connectivity index (χ2n) is 4.88. The number of carbonyl (C=O) groups excluding carboxylic acids is 1. The molecule has 1 aromatic rings. The minimum atomic E-state index is 0.106. The van der Waals surface area contributed by atoms with Crippen molar-refractivity contribution in [3.63, 3.8) is 0 Å². The van der Waals surface area contributed by atoms with Crippen molar-refractivity contribution in [3.8, 4) is 0 Å². The summed E-state index contributed by atoms with van der Waals surface area (Å²) in [5.41, 5.74) is 2.18. The highest BCUT2D eigenvalue weighted by Crippen LogP contribution is 2.18. The maximum absolute atomic E-state index is 11.6. The smallest absolute Gasteiger partial charge is 0.221 e. The molecular weight excluding hydrogens is 228 g/mol. The first kappa shape index (κ1) is 13.1. The lowest BCUT2D eigenvalue weighted by molar-refractivity contribution is -0.121. The van der Waals surface area contributed by atoms with Crippen molar-refractivity contribution < 1.29 is 4.79 Å². The summed E-state index contributed by atoms with van der Waals surface area (Å²) in [6.07, 6.45) is 5.95. The van der Waals surface area contributed by atoms with Crippen LogP contribution in [-0.4, -0.2) is 28.3 Å². The summed E-state index contributed by atoms with van der Waals surface area (Å²) < 4.78 is 1.80. The van der Waals surface area contributed by atoms with E-state index in [1.807, 2.05) is 13.2 Å². The van der Waals surface area contributed by atoms with Gasteiger partial charge in [-0.05, 0) is 19.3 Å². The van der Waals surface area contributed by atoms with Gasteiger partial charge in [0.1, 0.15) is 0 Å². The molecule has 5 nitrogen and oxygen atoms in total. The van der Waals surface area contributed by atoms with Crippen LogP contribution in [0.1, 0.15) is 37.4 Å². The van der Waals surface area contributed by atoms with Crippen molar-refractivity contribution in [3.05, 3.63) is 17.5 Å². The lowest BCUT2D eigenvalue weighted by Crippen LogP contribution is -2.28. The van der Waals surface area contributed by atoms with Crippen molar-refractivity contribution in [1.29, 1.82) is 0 Å². The predicted octanol–water partition coefficient (Wildman–Crippen LogP) is 0.741. The monoisotopic (exact) mass is 250 g/mol. The fourth-order valence-electron chi connectivity index (χ4n) is 1.99. The van der Waals surface area contributed by atoms with Crippen LogP contribution >= 0.6 is 0 Å². The highest BCUT2D eigenvalue weighted by atomic mass is 16.1. The first-order valence-electron chi connectivity index (χ1n) is 6.70. The minimum absolute atomic E-state index is 0.106. The van der Waals surface area contributed by atoms with Gasteiger partial charge in [-0.2, -0.15) is 5.10 Å². The molecule has 0 aromatic carbocycles. The van der Waals surface area contributed by atoms with Gasteiger partial charge in [0, 0.05) is 44.4 Å². The van der Waals surface area contributed by atoms with Crippen molar-refractivity contribution in [1.82, 2.24) is 20.4 Å². The molecule has 0 spiro atoms. The summed E-state index contributed by atoms with van der Waals surface area (Å²) in [5.74, 6) is 0.106. The van der Waals surface area contributed by atoms with Gasteiger partial charge in [-0.1, -0.05) is 6.92 Å². The van der Waals surface area contributed by atoms with E-state index in [1.165, 1.54) is 12.8 Å². The molecule has 0 saturated heterocycles. The van der Waals surface area contributed by atoms with E-state index in [1.54, 1.807) is 4.68 Å². The highest BCUT2D eigenvalue weighted by molar-refractivity contribution is 5.76. The number of amides is 1. The minimum Gasteiger partial charge on any atom is -0.352 e. The van der Waals surface area contributed by atoms with E-state index in [4.69, 9.17) is 0 Å². The van der Waals surface area contributed by atoms with E-state index in [2.05, 4.69) is 22.7 Å². The third-order valence-electron chi connectivity index (χ3n) is 3.17. The van der Waals surface area contributed by atoms with Crippen LogP contribution in [0, 0.1) is 0 Å². The zero-order valence-corrected chi connectivity index (χ0v) is 11.2. The van der Waals surface area contributed by atoms with Gasteiger partial charge in [-0.3, -0.25) is 9.48 Å². The van der Waals surface area contributed by atoms with Crippen LogP contribution in [0.5, 0.6) is 0 Å². The van der Waals surface area contributed by atoms with E-state index in [0.717, 1.165) is 24.2 Å². The number of aromatic nitrogens is 2. The van der Waals surface area contributed by atoms with Crippen LogP contribution in [0.3, 0.4) is 0 Å². The molecule has 0 aliphatic heterocycles. The molecule has 1 aliphatic carbocycles. The number of carbonyl (C=O) groups is 1. The molecule has 1 aliphatic rings. The average molecular weight is 250 g/mol. The molecule has 0 bridgehead atoms. The van der Waals surface area contributed by atoms with E-state index in [0.29, 0.717) is 19.0 Å². The number of rotatable bonds is 7. The lowest BCUT2D eigenvalue weighted by atomic mass is 10.2. The van der Waals surface area contributed by atoms with E-state index in [-0.39, 0.29) is 5.91 Å². The first-order valence-corrected chi connectivity index (χ1v) is 6.70. The normalized spacial score (nSPS) is 14.8. The second kappa shape index (κ2) is 6.00. The molecule has 1 amide bonds. The maximum atomic E-state index is 11.6. The number of nitrogens with one attached hydrogen (secondary N) is 2. The molecule has 1 aromatic heterocycles. The van der Waals surface area contributed by atoms with Gasteiger partial charge < -0.3 is 10.6 Å². The third-order valence-corrected chi connectivity index (χ3v) is 3.17. The van der Waals surface area contributed by atoms with Crippen LogP contribution in [-0.2, 0) is 24.8 Å². The fraction of sp³-hybridized carbons (Fsp3) is 0.692. The van der Waals surface area contributed by atoms with Crippen LogP contribution in [0.2, 0.25) is 0 Å². The molecule has 1 saturated carbocycles. The summed E-state index contributed by atoms with van der Waals surface area (Å²) >= 11 is 0. The van der Waals surface area contributed by atoms with Gasteiger partial charge in [0.05, 0.1) is 5.69 Å². The van der Waals surface area contributed by atoms with E-state index >= 15 is 0 Å². The summed E-state index contributed by atoms with van der Waals surface area (Å²) in [7, 11) is 1.91. The van der Waals surface area contributed by atoms with E-state index in [9.17, 15) is 4.79 Å². The zero-order valence-electron chi connectivity index (χ0n) is 11.2. The molecule has 2 rings (SSSR count). The highest BCUT2D eigenvalue weighted by Gasteiger charge is 2.20. The maximum Gasteiger partial charge on any atom is 0.221 e. The topological polar surface area (TPSA) is 59.0 Å². The summed E-state index contributed by atoms with van der Waals surface area (Å²) in [4.78, 5) is 11.6. The van der Waals surface area contributed by atoms with Gasteiger partial charge in [0.15, 0.2) is 0 Å². The Morgan fingerprint density at radius 2 is 2.33 bits per heavy atom. The average Bonchev–Trinajstić information content (AvgIpc) is 3.09. The summed E-state index contributed by atoms with van der Waals surface area (Å²) in [5, 5.41) is 10.6. The number of hydrogen-bond acceptors (Lipinski definition) is 3. The first-order chi connectivity index (χ1) is 8.69. The molecule has 0 radical (unpaired) electrons. The SMILES string of the molecule is CCc1nn(C)cc1CNC(=O)CCNC1CC1. The Balaban J connectivity index is 1.70. The van der Waals surface area contributed by atoms with Crippen molar-refractivity contribution in [2.75, 3.05) is 6.54 Å². The van der Waals surface area contributed by atoms with Crippen LogP contribution in [0.4, 0.5) is 0 Å². The summed E-state index contributed by atoms with van der Waals surface area (Å²) in [6.45, 7) is 3.44. The Bertz CT molecular complexity index is 409. The number of nitrogens with zero attached hydrogens (tertiary/aromatic N) is 2. The Morgan fingerprint density at radius 3 is 3.00 bits per heavy atom. The van der Waals surface area contributed by atoms with Gasteiger partial charge in [0.25, 0.3) is 0 Å². The van der Waals surface area contributed by atoms with Gasteiger partial charge in [0.2, 0.25) is 5.91 Å². The van der Waals surface area contributed by atoms with Crippen LogP contribution in [0.15, 0.2) is 6.20 Å². The largest absolute Gasteiger partial charge is 0.352 e. The molecule has 5 heteroatoms. The quantitative estimate of drug-likeness (QED) is 0.750. The molecule has 100 valence electrons. The van der Waals surface area contributed by atoms with Crippen molar-refractivity contribution >= 4 is 5.91 Å². The van der Waals surface area contributed by atoms with Crippen molar-refractivity contribution in [2.45, 2.75) is 45.2 Å². The molecule has 1 heterocycles. The van der Waals surface area contributed by atoms with E-state index < -0.39 is 0 Å². The Morgan fingerprint density at radius 1 is 1.56 bits per heavy atom.